The summed E-state index contributed by atoms with van der Waals surface area (Å²) in [5, 5.41) is 2.86. The number of hydrogen-bond acceptors (Lipinski definition) is 7. The molecule has 0 aliphatic rings. The summed E-state index contributed by atoms with van der Waals surface area (Å²) in [6.45, 7) is 11.7. The van der Waals surface area contributed by atoms with Crippen molar-refractivity contribution in [3.63, 3.8) is 0 Å². The third kappa shape index (κ3) is 12.9. The summed E-state index contributed by atoms with van der Waals surface area (Å²) in [5.74, 6) is -0.792. The molecule has 0 bridgehead atoms. The average molecular weight is 596 g/mol. The highest BCUT2D eigenvalue weighted by molar-refractivity contribution is 5.93. The van der Waals surface area contributed by atoms with E-state index in [1.54, 1.807) is 20.8 Å². The maximum absolute atomic E-state index is 14.4. The summed E-state index contributed by atoms with van der Waals surface area (Å²) >= 11 is 0. The van der Waals surface area contributed by atoms with E-state index in [9.17, 15) is 14.4 Å². The van der Waals surface area contributed by atoms with E-state index in [4.69, 9.17) is 20.9 Å². The van der Waals surface area contributed by atoms with Crippen LogP contribution in [0.4, 0.5) is 4.79 Å². The molecule has 2 aromatic carbocycles. The van der Waals surface area contributed by atoms with Crippen molar-refractivity contribution in [1.29, 1.82) is 0 Å². The zero-order chi connectivity index (χ0) is 32.0. The molecule has 43 heavy (non-hydrogen) atoms. The second-order valence-corrected chi connectivity index (χ2v) is 13.1. The fraction of sp³-hybridized carbons (Fsp3) is 0.571. The molecule has 0 aromatic heterocycles. The van der Waals surface area contributed by atoms with E-state index in [0.29, 0.717) is 38.6 Å². The molecule has 1 unspecified atom stereocenters. The number of rotatable bonds is 16. The van der Waals surface area contributed by atoms with Gasteiger partial charge in [0, 0.05) is 18.9 Å². The van der Waals surface area contributed by atoms with Crippen LogP contribution in [0.5, 0.6) is 0 Å². The van der Waals surface area contributed by atoms with Crippen molar-refractivity contribution in [3.8, 4) is 11.1 Å². The second-order valence-electron chi connectivity index (χ2n) is 13.1. The number of hydrogen-bond donors (Lipinski definition) is 3. The first kappa shape index (κ1) is 36.0. The van der Waals surface area contributed by atoms with Gasteiger partial charge in [-0.25, -0.2) is 4.79 Å². The quantitative estimate of drug-likeness (QED) is 0.144. The topological polar surface area (TPSA) is 134 Å². The van der Waals surface area contributed by atoms with Gasteiger partial charge in [-0.05, 0) is 102 Å². The van der Waals surface area contributed by atoms with Gasteiger partial charge in [0.2, 0.25) is 0 Å². The fourth-order valence-electron chi connectivity index (χ4n) is 5.16. The number of ether oxygens (including phenoxy) is 2. The molecular weight excluding hydrogens is 542 g/mol. The second kappa shape index (κ2) is 17.2. The molecule has 0 radical (unpaired) electrons. The summed E-state index contributed by atoms with van der Waals surface area (Å²) in [6, 6.07) is 15.2. The molecular formula is C35H53N3O5. The largest absolute Gasteiger partial charge is 0.460 e. The van der Waals surface area contributed by atoms with E-state index in [0.717, 1.165) is 41.5 Å². The zero-order valence-electron chi connectivity index (χ0n) is 27.0. The Hall–Kier alpha value is -3.23. The van der Waals surface area contributed by atoms with Gasteiger partial charge < -0.3 is 26.3 Å². The Morgan fingerprint density at radius 3 is 2.02 bits per heavy atom. The SMILES string of the molecule is CC(C)(C)OC(=O)CCCCCC(C(=O)[C@H](CCCCN)NC(=O)OC(C)(C)C)c1cccc(-c2ccccc2)c1CN. The van der Waals surface area contributed by atoms with Crippen LogP contribution in [-0.4, -0.2) is 41.6 Å². The van der Waals surface area contributed by atoms with Crippen LogP contribution in [-0.2, 0) is 25.6 Å². The Balaban J connectivity index is 2.38. The smallest absolute Gasteiger partial charge is 0.408 e. The molecule has 1 amide bonds. The van der Waals surface area contributed by atoms with E-state index in [-0.39, 0.29) is 18.3 Å². The lowest BCUT2D eigenvalue weighted by Gasteiger charge is -2.28. The lowest BCUT2D eigenvalue weighted by molar-refractivity contribution is -0.154. The number of nitrogens with one attached hydrogen (secondary N) is 1. The summed E-state index contributed by atoms with van der Waals surface area (Å²) in [7, 11) is 0. The standard InChI is InChI=1S/C35H53N3O5/c1-34(2,3)42-31(39)22-12-8-11-18-28(27-20-15-19-26(29(27)24-37)25-16-9-7-10-17-25)32(40)30(21-13-14-23-36)38-33(41)43-35(4,5)6/h7,9-10,15-17,19-20,28,30H,8,11-14,18,21-24,36-37H2,1-6H3,(H,38,41)/t28?,30-/m0/s1. The minimum absolute atomic E-state index is 0.0741. The van der Waals surface area contributed by atoms with E-state index in [2.05, 4.69) is 5.32 Å². The van der Waals surface area contributed by atoms with Crippen LogP contribution in [0.15, 0.2) is 48.5 Å². The predicted octanol–water partition coefficient (Wildman–Crippen LogP) is 6.78. The number of nitrogens with two attached hydrogens (primary N) is 2. The Morgan fingerprint density at radius 1 is 0.767 bits per heavy atom. The van der Waals surface area contributed by atoms with Gasteiger partial charge in [-0.15, -0.1) is 0 Å². The number of benzene rings is 2. The monoisotopic (exact) mass is 595 g/mol. The average Bonchev–Trinajstić information content (AvgIpc) is 2.92. The minimum atomic E-state index is -0.737. The number of unbranched alkanes of at least 4 members (excludes halogenated alkanes) is 3. The molecule has 238 valence electrons. The molecule has 8 heteroatoms. The Bertz CT molecular complexity index is 1170. The molecule has 2 atom stereocenters. The number of ketones is 1. The van der Waals surface area contributed by atoms with E-state index in [1.165, 1.54) is 0 Å². The van der Waals surface area contributed by atoms with Gasteiger partial charge in [0.05, 0.1) is 6.04 Å². The van der Waals surface area contributed by atoms with Crippen LogP contribution in [0.25, 0.3) is 11.1 Å². The highest BCUT2D eigenvalue weighted by Gasteiger charge is 2.32. The van der Waals surface area contributed by atoms with Crippen molar-refractivity contribution in [3.05, 3.63) is 59.7 Å². The highest BCUT2D eigenvalue weighted by Crippen LogP contribution is 2.34. The number of Topliss-reactive ketones (excluding diaryl/α,β-unsaturated/α-hetero) is 1. The van der Waals surface area contributed by atoms with Crippen molar-refractivity contribution in [2.75, 3.05) is 6.54 Å². The molecule has 5 N–H and O–H groups in total. The molecule has 0 heterocycles. The molecule has 0 fully saturated rings. The number of alkyl carbamates (subject to hydrolysis) is 1. The Labute approximate surface area is 258 Å². The summed E-state index contributed by atoms with van der Waals surface area (Å²) in [6.07, 6.45) is 4.31. The Kier molecular flexibility index (Phi) is 14.4. The van der Waals surface area contributed by atoms with Crippen LogP contribution >= 0.6 is 0 Å². The first-order valence-corrected chi connectivity index (χ1v) is 15.6. The van der Waals surface area contributed by atoms with E-state index < -0.39 is 29.3 Å². The van der Waals surface area contributed by atoms with Crippen LogP contribution in [0, 0.1) is 0 Å². The number of carbonyl (C=O) groups excluding carboxylic acids is 3. The molecule has 2 aromatic rings. The van der Waals surface area contributed by atoms with Crippen LogP contribution in [0.1, 0.15) is 110 Å². The zero-order valence-corrected chi connectivity index (χ0v) is 27.0. The number of amides is 1. The van der Waals surface area contributed by atoms with Crippen LogP contribution in [0.3, 0.4) is 0 Å². The number of esters is 1. The lowest BCUT2D eigenvalue weighted by Crippen LogP contribution is -2.45. The van der Waals surface area contributed by atoms with E-state index >= 15 is 0 Å². The van der Waals surface area contributed by atoms with Crippen molar-refractivity contribution in [2.24, 2.45) is 11.5 Å². The lowest BCUT2D eigenvalue weighted by atomic mass is 9.81. The summed E-state index contributed by atoms with van der Waals surface area (Å²) in [5.41, 5.74) is 14.7. The van der Waals surface area contributed by atoms with Crippen molar-refractivity contribution in [1.82, 2.24) is 5.32 Å². The number of carbonyl (C=O) groups is 3. The normalized spacial score (nSPS) is 13.2. The molecule has 0 spiro atoms. The first-order valence-electron chi connectivity index (χ1n) is 15.6. The van der Waals surface area contributed by atoms with Gasteiger partial charge in [-0.2, -0.15) is 0 Å². The van der Waals surface area contributed by atoms with Gasteiger partial charge in [-0.3, -0.25) is 9.59 Å². The first-order chi connectivity index (χ1) is 20.3. The molecule has 8 nitrogen and oxygen atoms in total. The minimum Gasteiger partial charge on any atom is -0.460 e. The summed E-state index contributed by atoms with van der Waals surface area (Å²) < 4.78 is 11.0. The van der Waals surface area contributed by atoms with Gasteiger partial charge in [0.1, 0.15) is 11.2 Å². The van der Waals surface area contributed by atoms with Gasteiger partial charge in [0.15, 0.2) is 5.78 Å². The Morgan fingerprint density at radius 2 is 1.42 bits per heavy atom. The van der Waals surface area contributed by atoms with Gasteiger partial charge >= 0.3 is 12.1 Å². The summed E-state index contributed by atoms with van der Waals surface area (Å²) in [4.78, 5) is 39.4. The highest BCUT2D eigenvalue weighted by atomic mass is 16.6. The van der Waals surface area contributed by atoms with Crippen molar-refractivity contribution in [2.45, 2.75) is 123 Å². The van der Waals surface area contributed by atoms with E-state index in [1.807, 2.05) is 69.3 Å². The van der Waals surface area contributed by atoms with Crippen LogP contribution < -0.4 is 16.8 Å². The van der Waals surface area contributed by atoms with Gasteiger partial charge in [-0.1, -0.05) is 61.4 Å². The fourth-order valence-corrected chi connectivity index (χ4v) is 5.16. The molecule has 0 saturated heterocycles. The van der Waals surface area contributed by atoms with Gasteiger partial charge in [0.25, 0.3) is 0 Å². The third-order valence-corrected chi connectivity index (χ3v) is 7.00. The third-order valence-electron chi connectivity index (χ3n) is 7.00. The molecule has 0 saturated carbocycles. The predicted molar refractivity (Wildman–Crippen MR) is 173 cm³/mol. The molecule has 0 aliphatic heterocycles. The van der Waals surface area contributed by atoms with Crippen LogP contribution in [0.2, 0.25) is 0 Å². The maximum atomic E-state index is 14.4. The maximum Gasteiger partial charge on any atom is 0.408 e. The van der Waals surface area contributed by atoms with Crippen molar-refractivity contribution >= 4 is 17.8 Å². The molecule has 0 aliphatic carbocycles. The molecule has 2 rings (SSSR count). The van der Waals surface area contributed by atoms with Crippen molar-refractivity contribution < 1.29 is 23.9 Å².